The maximum absolute atomic E-state index is 11.2. The van der Waals surface area contributed by atoms with Gasteiger partial charge in [-0.15, -0.1) is 0 Å². The van der Waals surface area contributed by atoms with Gasteiger partial charge in [0.15, 0.2) is 0 Å². The van der Waals surface area contributed by atoms with Gasteiger partial charge in [-0.2, -0.15) is 0 Å². The summed E-state index contributed by atoms with van der Waals surface area (Å²) in [5.74, 6) is -0.195. The topological polar surface area (TPSA) is 82.7 Å². The van der Waals surface area contributed by atoms with E-state index in [0.29, 0.717) is 0 Å². The Kier molecular flexibility index (Phi) is 1.99. The average molecular weight is 165 g/mol. The van der Waals surface area contributed by atoms with E-state index in [4.69, 9.17) is 11.1 Å². The van der Waals surface area contributed by atoms with Crippen LogP contribution in [0.25, 0.3) is 0 Å². The summed E-state index contributed by atoms with van der Waals surface area (Å²) in [7, 11) is 0. The molecule has 0 unspecified atom stereocenters. The number of H-pyrrole nitrogens is 1. The second-order valence-electron chi connectivity index (χ2n) is 2.73. The minimum absolute atomic E-state index is 0.195. The number of rotatable bonds is 1. The van der Waals surface area contributed by atoms with Crippen molar-refractivity contribution in [3.8, 4) is 0 Å². The molecule has 64 valence electrons. The molecule has 0 saturated heterocycles. The molecule has 0 aliphatic rings. The first kappa shape index (κ1) is 8.52. The van der Waals surface area contributed by atoms with Gasteiger partial charge in [0.2, 0.25) is 0 Å². The summed E-state index contributed by atoms with van der Waals surface area (Å²) in [5, 5.41) is 7.10. The summed E-state index contributed by atoms with van der Waals surface area (Å²) in [5.41, 5.74) is 6.87. The summed E-state index contributed by atoms with van der Waals surface area (Å²) in [6, 6.07) is 1.62. The molecule has 4 nitrogen and oxygen atoms in total. The molecule has 0 aromatic carbocycles. The van der Waals surface area contributed by atoms with E-state index < -0.39 is 0 Å². The summed E-state index contributed by atoms with van der Waals surface area (Å²) in [6.45, 7) is 3.67. The number of aromatic amines is 1. The molecular formula is C8H11N3O. The smallest absolute Gasteiger partial charge is 0.259 e. The number of pyridine rings is 1. The fraction of sp³-hybridized carbons (Fsp3) is 0.250. The lowest BCUT2D eigenvalue weighted by Crippen LogP contribution is -2.24. The highest BCUT2D eigenvalue weighted by Crippen LogP contribution is 2.01. The van der Waals surface area contributed by atoms with Crippen molar-refractivity contribution < 1.29 is 0 Å². The minimum atomic E-state index is -0.300. The largest absolute Gasteiger partial charge is 0.384 e. The first-order valence-corrected chi connectivity index (χ1v) is 3.57. The zero-order chi connectivity index (χ0) is 9.30. The van der Waals surface area contributed by atoms with Gasteiger partial charge in [-0.3, -0.25) is 10.2 Å². The Hall–Kier alpha value is -1.58. The van der Waals surface area contributed by atoms with Gasteiger partial charge in [-0.05, 0) is 25.5 Å². The van der Waals surface area contributed by atoms with Gasteiger partial charge >= 0.3 is 0 Å². The molecular weight excluding hydrogens is 154 g/mol. The highest BCUT2D eigenvalue weighted by atomic mass is 16.1. The van der Waals surface area contributed by atoms with Crippen LogP contribution in [0.15, 0.2) is 10.9 Å². The number of nitrogens with two attached hydrogens (primary N) is 1. The summed E-state index contributed by atoms with van der Waals surface area (Å²) in [6.07, 6.45) is 0. The molecule has 0 radical (unpaired) electrons. The van der Waals surface area contributed by atoms with Crippen LogP contribution in [0, 0.1) is 19.3 Å². The van der Waals surface area contributed by atoms with Gasteiger partial charge in [-0.25, -0.2) is 0 Å². The lowest BCUT2D eigenvalue weighted by Gasteiger charge is -2.01. The van der Waals surface area contributed by atoms with Crippen LogP contribution >= 0.6 is 0 Å². The Morgan fingerprint density at radius 2 is 2.17 bits per heavy atom. The Labute approximate surface area is 69.9 Å². The molecule has 0 bridgehead atoms. The van der Waals surface area contributed by atoms with E-state index in [9.17, 15) is 4.79 Å². The summed E-state index contributed by atoms with van der Waals surface area (Å²) < 4.78 is 0. The maximum atomic E-state index is 11.2. The van der Waals surface area contributed by atoms with E-state index in [1.165, 1.54) is 0 Å². The highest BCUT2D eigenvalue weighted by molar-refractivity contribution is 5.94. The van der Waals surface area contributed by atoms with E-state index >= 15 is 0 Å². The quantitative estimate of drug-likeness (QED) is 0.412. The molecule has 0 spiro atoms. The average Bonchev–Trinajstić information content (AvgIpc) is 1.96. The Balaban J connectivity index is 3.43. The van der Waals surface area contributed by atoms with Gasteiger partial charge in [0.1, 0.15) is 5.84 Å². The van der Waals surface area contributed by atoms with Crippen LogP contribution in [0.2, 0.25) is 0 Å². The Bertz CT molecular complexity index is 378. The minimum Gasteiger partial charge on any atom is -0.384 e. The number of amidine groups is 1. The van der Waals surface area contributed by atoms with Crippen LogP contribution in [-0.2, 0) is 0 Å². The fourth-order valence-electron chi connectivity index (χ4n) is 0.927. The number of hydrogen-bond acceptors (Lipinski definition) is 2. The lowest BCUT2D eigenvalue weighted by molar-refractivity contribution is 1.09. The van der Waals surface area contributed by atoms with Gasteiger partial charge in [0, 0.05) is 5.69 Å². The van der Waals surface area contributed by atoms with Gasteiger partial charge in [-0.1, -0.05) is 0 Å². The van der Waals surface area contributed by atoms with Crippen molar-refractivity contribution in [3.05, 3.63) is 33.2 Å². The van der Waals surface area contributed by atoms with E-state index in [1.807, 2.05) is 6.92 Å². The third-order valence-corrected chi connectivity index (χ3v) is 1.79. The maximum Gasteiger partial charge on any atom is 0.259 e. The van der Waals surface area contributed by atoms with Crippen molar-refractivity contribution in [1.29, 1.82) is 5.41 Å². The van der Waals surface area contributed by atoms with E-state index in [0.717, 1.165) is 11.3 Å². The van der Waals surface area contributed by atoms with Crippen LogP contribution in [0.3, 0.4) is 0 Å². The summed E-state index contributed by atoms with van der Waals surface area (Å²) in [4.78, 5) is 13.8. The number of nitrogens with one attached hydrogen (secondary N) is 2. The third kappa shape index (κ3) is 1.37. The Morgan fingerprint density at radius 3 is 2.67 bits per heavy atom. The van der Waals surface area contributed by atoms with Crippen LogP contribution in [-0.4, -0.2) is 10.8 Å². The lowest BCUT2D eigenvalue weighted by atomic mass is 10.1. The molecule has 0 atom stereocenters. The molecule has 1 rings (SSSR count). The van der Waals surface area contributed by atoms with Crippen molar-refractivity contribution in [2.24, 2.45) is 5.73 Å². The molecule has 0 aliphatic heterocycles. The van der Waals surface area contributed by atoms with E-state index in [-0.39, 0.29) is 17.0 Å². The molecule has 1 heterocycles. The monoisotopic (exact) mass is 165 g/mol. The summed E-state index contributed by atoms with van der Waals surface area (Å²) >= 11 is 0. The van der Waals surface area contributed by atoms with Crippen LogP contribution in [0.5, 0.6) is 0 Å². The van der Waals surface area contributed by atoms with E-state index in [1.54, 1.807) is 13.0 Å². The fourth-order valence-corrected chi connectivity index (χ4v) is 0.927. The zero-order valence-corrected chi connectivity index (χ0v) is 7.06. The standard InChI is InChI=1S/C8H11N3O/c1-4-3-6(7(9)10)8(12)11-5(4)2/h3H,1-2H3,(H3,9,10)(H,11,12). The molecule has 1 aromatic rings. The van der Waals surface area contributed by atoms with Crippen LogP contribution in [0.1, 0.15) is 16.8 Å². The zero-order valence-electron chi connectivity index (χ0n) is 7.06. The number of aryl methyl sites for hydroxylation is 2. The molecule has 12 heavy (non-hydrogen) atoms. The predicted molar refractivity (Wildman–Crippen MR) is 47.6 cm³/mol. The van der Waals surface area contributed by atoms with Crippen molar-refractivity contribution in [2.45, 2.75) is 13.8 Å². The first-order valence-electron chi connectivity index (χ1n) is 3.57. The van der Waals surface area contributed by atoms with Crippen LogP contribution < -0.4 is 11.3 Å². The third-order valence-electron chi connectivity index (χ3n) is 1.79. The van der Waals surface area contributed by atoms with Crippen molar-refractivity contribution >= 4 is 5.84 Å². The number of aromatic nitrogens is 1. The predicted octanol–water partition coefficient (Wildman–Crippen LogP) is 0.276. The number of hydrogen-bond donors (Lipinski definition) is 3. The normalized spacial score (nSPS) is 9.83. The van der Waals surface area contributed by atoms with Gasteiger partial charge < -0.3 is 10.7 Å². The highest BCUT2D eigenvalue weighted by Gasteiger charge is 2.04. The molecule has 0 saturated carbocycles. The second-order valence-corrected chi connectivity index (χ2v) is 2.73. The van der Waals surface area contributed by atoms with Crippen molar-refractivity contribution in [3.63, 3.8) is 0 Å². The van der Waals surface area contributed by atoms with Gasteiger partial charge in [0.25, 0.3) is 5.56 Å². The molecule has 4 heteroatoms. The molecule has 0 amide bonds. The van der Waals surface area contributed by atoms with Crippen molar-refractivity contribution in [2.75, 3.05) is 0 Å². The first-order chi connectivity index (χ1) is 5.52. The second kappa shape index (κ2) is 2.81. The molecule has 0 fully saturated rings. The van der Waals surface area contributed by atoms with Gasteiger partial charge in [0.05, 0.1) is 5.56 Å². The van der Waals surface area contributed by atoms with Crippen LogP contribution in [0.4, 0.5) is 0 Å². The van der Waals surface area contributed by atoms with Crippen molar-refractivity contribution in [1.82, 2.24) is 4.98 Å². The van der Waals surface area contributed by atoms with E-state index in [2.05, 4.69) is 4.98 Å². The Morgan fingerprint density at radius 1 is 1.58 bits per heavy atom. The molecule has 1 aromatic heterocycles. The molecule has 0 aliphatic carbocycles. The number of nitrogen functional groups attached to an aromatic ring is 1. The SMILES string of the molecule is Cc1cc(C(=N)N)c(=O)[nH]c1C. The molecule has 4 N–H and O–H groups in total.